The van der Waals surface area contributed by atoms with Crippen LogP contribution in [-0.2, 0) is 4.74 Å². The van der Waals surface area contributed by atoms with E-state index in [-0.39, 0.29) is 6.04 Å². The number of quaternary nitrogens is 1. The Hall–Kier alpha value is -2.28. The molecule has 0 bridgehead atoms. The number of rotatable bonds is 5. The number of benzene rings is 2. The van der Waals surface area contributed by atoms with Crippen LogP contribution < -0.4 is 15.6 Å². The number of ether oxygens (including phenoxy) is 1. The van der Waals surface area contributed by atoms with E-state index in [1.807, 2.05) is 18.2 Å². The molecule has 0 spiro atoms. The summed E-state index contributed by atoms with van der Waals surface area (Å²) in [7, 11) is 0. The maximum atomic E-state index is 5.54. The van der Waals surface area contributed by atoms with Gasteiger partial charge in [-0.1, -0.05) is 42.5 Å². The van der Waals surface area contributed by atoms with Crippen molar-refractivity contribution in [1.82, 2.24) is 5.43 Å². The number of nitrogens with one attached hydrogen (secondary N) is 3. The SMILES string of the molecule is C/C(=N/NC(=S)Nc1cccc(C)c1C)[C@H](c1ccccc1)[NH+]1CCOCC1. The average Bonchev–Trinajstić information content (AvgIpc) is 2.72. The molecule has 3 N–H and O–H groups in total. The molecule has 3 rings (SSSR count). The van der Waals surface area contributed by atoms with E-state index in [0.29, 0.717) is 5.11 Å². The van der Waals surface area contributed by atoms with Crippen molar-refractivity contribution in [3.63, 3.8) is 0 Å². The maximum absolute atomic E-state index is 5.54. The molecule has 5 nitrogen and oxygen atoms in total. The number of aryl methyl sites for hydroxylation is 1. The van der Waals surface area contributed by atoms with Gasteiger partial charge in [0.05, 0.1) is 18.9 Å². The Morgan fingerprint density at radius 1 is 1.07 bits per heavy atom. The number of thiocarbonyl (C=S) groups is 1. The van der Waals surface area contributed by atoms with Gasteiger partial charge in [-0.15, -0.1) is 0 Å². The molecule has 1 fully saturated rings. The van der Waals surface area contributed by atoms with Gasteiger partial charge >= 0.3 is 0 Å². The summed E-state index contributed by atoms with van der Waals surface area (Å²) < 4.78 is 5.54. The molecule has 0 radical (unpaired) electrons. The molecule has 1 aliphatic heterocycles. The number of hydrazone groups is 1. The van der Waals surface area contributed by atoms with Gasteiger partial charge in [0.2, 0.25) is 0 Å². The third-order valence-corrected chi connectivity index (χ3v) is 5.47. The van der Waals surface area contributed by atoms with Crippen LogP contribution in [0.4, 0.5) is 5.69 Å². The van der Waals surface area contributed by atoms with Gasteiger partial charge in [-0.25, -0.2) is 0 Å². The first-order valence-electron chi connectivity index (χ1n) is 9.71. The molecule has 0 aromatic heterocycles. The topological polar surface area (TPSA) is 50.1 Å². The minimum absolute atomic E-state index is 0.182. The molecule has 1 heterocycles. The van der Waals surface area contributed by atoms with Crippen molar-refractivity contribution < 1.29 is 9.64 Å². The molecule has 2 aromatic rings. The Bertz CT molecular complexity index is 832. The summed E-state index contributed by atoms with van der Waals surface area (Å²) in [5, 5.41) is 8.37. The Balaban J connectivity index is 1.72. The molecule has 2 aromatic carbocycles. The van der Waals surface area contributed by atoms with E-state index >= 15 is 0 Å². The molecule has 0 unspecified atom stereocenters. The second-order valence-electron chi connectivity index (χ2n) is 7.18. The van der Waals surface area contributed by atoms with E-state index < -0.39 is 0 Å². The number of anilines is 1. The lowest BCUT2D eigenvalue weighted by Gasteiger charge is -2.31. The second kappa shape index (κ2) is 9.78. The van der Waals surface area contributed by atoms with Crippen molar-refractivity contribution in [2.75, 3.05) is 31.6 Å². The number of morpholine rings is 1. The Labute approximate surface area is 172 Å². The third-order valence-electron chi connectivity index (χ3n) is 5.28. The lowest BCUT2D eigenvalue weighted by Crippen LogP contribution is -3.15. The number of nitrogens with zero attached hydrogens (tertiary/aromatic N) is 1. The Morgan fingerprint density at radius 3 is 2.50 bits per heavy atom. The van der Waals surface area contributed by atoms with Gasteiger partial charge < -0.3 is 15.0 Å². The van der Waals surface area contributed by atoms with Crippen LogP contribution in [0.25, 0.3) is 0 Å². The summed E-state index contributed by atoms with van der Waals surface area (Å²) in [6.07, 6.45) is 0. The summed E-state index contributed by atoms with van der Waals surface area (Å²) in [6, 6.07) is 16.9. The first kappa shape index (κ1) is 20.5. The number of hydrogen-bond donors (Lipinski definition) is 3. The van der Waals surface area contributed by atoms with Crippen molar-refractivity contribution in [3.8, 4) is 0 Å². The van der Waals surface area contributed by atoms with E-state index in [1.165, 1.54) is 21.6 Å². The lowest BCUT2D eigenvalue weighted by atomic mass is 10.0. The van der Waals surface area contributed by atoms with Crippen LogP contribution in [0, 0.1) is 13.8 Å². The van der Waals surface area contributed by atoms with Gasteiger partial charge in [-0.3, -0.25) is 5.43 Å². The van der Waals surface area contributed by atoms with Crippen LogP contribution >= 0.6 is 12.2 Å². The normalized spacial score (nSPS) is 16.5. The van der Waals surface area contributed by atoms with Gasteiger partial charge in [-0.05, 0) is 50.2 Å². The van der Waals surface area contributed by atoms with Gasteiger partial charge in [-0.2, -0.15) is 5.10 Å². The maximum Gasteiger partial charge on any atom is 0.191 e. The van der Waals surface area contributed by atoms with E-state index in [0.717, 1.165) is 37.7 Å². The van der Waals surface area contributed by atoms with Crippen molar-refractivity contribution in [2.45, 2.75) is 26.8 Å². The molecule has 6 heteroatoms. The first-order chi connectivity index (χ1) is 13.6. The monoisotopic (exact) mass is 397 g/mol. The first-order valence-corrected chi connectivity index (χ1v) is 10.1. The predicted molar refractivity (Wildman–Crippen MR) is 119 cm³/mol. The molecule has 0 amide bonds. The highest BCUT2D eigenvalue weighted by molar-refractivity contribution is 7.80. The van der Waals surface area contributed by atoms with Crippen LogP contribution in [0.2, 0.25) is 0 Å². The predicted octanol–water partition coefficient (Wildman–Crippen LogP) is 2.62. The molecule has 1 aliphatic rings. The summed E-state index contributed by atoms with van der Waals surface area (Å²) in [5.41, 5.74) is 8.72. The van der Waals surface area contributed by atoms with Crippen molar-refractivity contribution in [1.29, 1.82) is 0 Å². The van der Waals surface area contributed by atoms with Gasteiger partial charge in [0, 0.05) is 11.3 Å². The van der Waals surface area contributed by atoms with Gasteiger partial charge in [0.25, 0.3) is 0 Å². The molecule has 1 saturated heterocycles. The summed E-state index contributed by atoms with van der Waals surface area (Å²) in [6.45, 7) is 9.75. The Morgan fingerprint density at radius 2 is 1.79 bits per heavy atom. The van der Waals surface area contributed by atoms with Crippen LogP contribution in [-0.4, -0.2) is 37.1 Å². The highest BCUT2D eigenvalue weighted by Crippen LogP contribution is 2.18. The molecular formula is C22H29N4OS+. The van der Waals surface area contributed by atoms with Crippen molar-refractivity contribution in [3.05, 3.63) is 65.2 Å². The minimum Gasteiger partial charge on any atom is -0.370 e. The molecule has 0 aliphatic carbocycles. The third kappa shape index (κ3) is 5.16. The minimum atomic E-state index is 0.182. The largest absolute Gasteiger partial charge is 0.370 e. The molecule has 0 saturated carbocycles. The van der Waals surface area contributed by atoms with Crippen LogP contribution in [0.1, 0.15) is 29.7 Å². The number of hydrogen-bond acceptors (Lipinski definition) is 3. The smallest absolute Gasteiger partial charge is 0.191 e. The molecule has 148 valence electrons. The van der Waals surface area contributed by atoms with Crippen molar-refractivity contribution >= 4 is 28.7 Å². The fourth-order valence-electron chi connectivity index (χ4n) is 3.58. The molecular weight excluding hydrogens is 368 g/mol. The highest BCUT2D eigenvalue weighted by atomic mass is 32.1. The highest BCUT2D eigenvalue weighted by Gasteiger charge is 2.29. The quantitative estimate of drug-likeness (QED) is 0.412. The zero-order valence-corrected chi connectivity index (χ0v) is 17.6. The fourth-order valence-corrected chi connectivity index (χ4v) is 3.74. The van der Waals surface area contributed by atoms with E-state index in [4.69, 9.17) is 17.0 Å². The van der Waals surface area contributed by atoms with E-state index in [9.17, 15) is 0 Å². The van der Waals surface area contributed by atoms with Crippen LogP contribution in [0.3, 0.4) is 0 Å². The Kier molecular flexibility index (Phi) is 7.14. The fraction of sp³-hybridized carbons (Fsp3) is 0.364. The summed E-state index contributed by atoms with van der Waals surface area (Å²) in [5.74, 6) is 0. The molecule has 28 heavy (non-hydrogen) atoms. The zero-order valence-electron chi connectivity index (χ0n) is 16.8. The van der Waals surface area contributed by atoms with Gasteiger partial charge in [0.1, 0.15) is 13.1 Å². The zero-order chi connectivity index (χ0) is 19.9. The summed E-state index contributed by atoms with van der Waals surface area (Å²) in [4.78, 5) is 1.47. The van der Waals surface area contributed by atoms with Gasteiger partial charge in [0.15, 0.2) is 11.2 Å². The summed E-state index contributed by atoms with van der Waals surface area (Å²) >= 11 is 5.46. The van der Waals surface area contributed by atoms with Crippen LogP contribution in [0.5, 0.6) is 0 Å². The second-order valence-corrected chi connectivity index (χ2v) is 7.59. The molecule has 1 atom stereocenters. The van der Waals surface area contributed by atoms with E-state index in [2.05, 4.69) is 66.9 Å². The van der Waals surface area contributed by atoms with E-state index in [1.54, 1.807) is 0 Å². The average molecular weight is 398 g/mol. The standard InChI is InChI=1S/C22H28N4OS/c1-16-8-7-11-20(17(16)2)23-22(28)25-24-18(3)21(19-9-5-4-6-10-19)26-12-14-27-15-13-26/h4-11,21H,12-15H2,1-3H3,(H2,23,25,28)/p+1/b24-18-/t21-/m1/s1. The van der Waals surface area contributed by atoms with Crippen molar-refractivity contribution in [2.24, 2.45) is 5.10 Å². The van der Waals surface area contributed by atoms with Crippen LogP contribution in [0.15, 0.2) is 53.6 Å². The lowest BCUT2D eigenvalue weighted by molar-refractivity contribution is -0.928.